The Hall–Kier alpha value is -1.60. The van der Waals surface area contributed by atoms with Crippen LogP contribution in [0.4, 0.5) is 5.69 Å². The van der Waals surface area contributed by atoms with Crippen molar-refractivity contribution in [2.24, 2.45) is 0 Å². The minimum Gasteiger partial charge on any atom is -0.351 e. The average molecular weight is 313 g/mol. The van der Waals surface area contributed by atoms with Crippen LogP contribution in [0.15, 0.2) is 18.2 Å². The van der Waals surface area contributed by atoms with Gasteiger partial charge in [-0.1, -0.05) is 18.6 Å². The summed E-state index contributed by atoms with van der Waals surface area (Å²) in [5.74, 6) is -0.289. The molecule has 0 fully saturated rings. The summed E-state index contributed by atoms with van der Waals surface area (Å²) >= 11 is 0. The molecule has 0 spiro atoms. The van der Waals surface area contributed by atoms with Crippen LogP contribution in [0.3, 0.4) is 0 Å². The normalized spacial score (nSPS) is 11.2. The molecule has 0 unspecified atom stereocenters. The molecule has 0 bridgehead atoms. The number of hydrogen-bond acceptors (Lipinski definition) is 4. The van der Waals surface area contributed by atoms with Gasteiger partial charge in [0.15, 0.2) is 0 Å². The first kappa shape index (κ1) is 17.5. The molecule has 118 valence electrons. The molecule has 0 aliphatic rings. The van der Waals surface area contributed by atoms with Crippen LogP contribution in [-0.4, -0.2) is 40.2 Å². The maximum Gasteiger partial charge on any atom is 0.253 e. The monoisotopic (exact) mass is 313 g/mol. The van der Waals surface area contributed by atoms with Crippen LogP contribution in [0.25, 0.3) is 0 Å². The van der Waals surface area contributed by atoms with Gasteiger partial charge in [-0.05, 0) is 32.0 Å². The third-order valence-corrected chi connectivity index (χ3v) is 3.32. The Bertz CT molecular complexity index is 585. The second kappa shape index (κ2) is 7.99. The Morgan fingerprint density at radius 1 is 1.19 bits per heavy atom. The topological polar surface area (TPSA) is 87.3 Å². The Balaban J connectivity index is 2.75. The summed E-state index contributed by atoms with van der Waals surface area (Å²) in [6, 6.07) is 5.02. The predicted octanol–water partition coefficient (Wildman–Crippen LogP) is 1.10. The van der Waals surface area contributed by atoms with E-state index in [9.17, 15) is 13.2 Å². The first-order valence-electron chi connectivity index (χ1n) is 6.91. The third kappa shape index (κ3) is 6.59. The molecule has 0 saturated heterocycles. The first-order chi connectivity index (χ1) is 9.83. The average Bonchev–Trinajstić information content (AvgIpc) is 2.39. The van der Waals surface area contributed by atoms with Crippen molar-refractivity contribution in [3.05, 3.63) is 29.3 Å². The van der Waals surface area contributed by atoms with Crippen LogP contribution in [0.2, 0.25) is 0 Å². The number of amides is 1. The lowest BCUT2D eigenvalue weighted by Crippen LogP contribution is -2.32. The lowest BCUT2D eigenvalue weighted by Gasteiger charge is -2.12. The van der Waals surface area contributed by atoms with Crippen LogP contribution in [0, 0.1) is 6.92 Å². The molecule has 0 heterocycles. The second-order valence-electron chi connectivity index (χ2n) is 4.93. The smallest absolute Gasteiger partial charge is 0.253 e. The zero-order valence-corrected chi connectivity index (χ0v) is 13.5. The SMILES string of the molecule is CCCNCCNC(=O)c1cc(C)ccc1NS(C)(=O)=O. The maximum absolute atomic E-state index is 12.2. The number of aryl methyl sites for hydroxylation is 1. The van der Waals surface area contributed by atoms with Gasteiger partial charge in [0.1, 0.15) is 0 Å². The van der Waals surface area contributed by atoms with E-state index in [2.05, 4.69) is 22.3 Å². The van der Waals surface area contributed by atoms with E-state index in [4.69, 9.17) is 0 Å². The fourth-order valence-corrected chi connectivity index (χ4v) is 2.37. The number of benzene rings is 1. The Labute approximate surface area is 126 Å². The molecule has 1 rings (SSSR count). The van der Waals surface area contributed by atoms with Gasteiger partial charge in [-0.15, -0.1) is 0 Å². The van der Waals surface area contributed by atoms with Crippen molar-refractivity contribution in [3.63, 3.8) is 0 Å². The summed E-state index contributed by atoms with van der Waals surface area (Å²) in [7, 11) is -3.42. The minimum atomic E-state index is -3.42. The molecule has 0 aliphatic heterocycles. The highest BCUT2D eigenvalue weighted by Crippen LogP contribution is 2.18. The van der Waals surface area contributed by atoms with Crippen molar-refractivity contribution in [1.29, 1.82) is 0 Å². The number of carbonyl (C=O) groups is 1. The van der Waals surface area contributed by atoms with Gasteiger partial charge in [0.05, 0.1) is 17.5 Å². The van der Waals surface area contributed by atoms with Crippen molar-refractivity contribution >= 4 is 21.6 Å². The predicted molar refractivity (Wildman–Crippen MR) is 85.1 cm³/mol. The zero-order chi connectivity index (χ0) is 15.9. The second-order valence-corrected chi connectivity index (χ2v) is 6.68. The molecule has 1 amide bonds. The van der Waals surface area contributed by atoms with Crippen molar-refractivity contribution in [2.45, 2.75) is 20.3 Å². The number of sulfonamides is 1. The van der Waals surface area contributed by atoms with Gasteiger partial charge >= 0.3 is 0 Å². The Morgan fingerprint density at radius 2 is 1.90 bits per heavy atom. The molecule has 0 aliphatic carbocycles. The fraction of sp³-hybridized carbons (Fsp3) is 0.500. The largest absolute Gasteiger partial charge is 0.351 e. The van der Waals surface area contributed by atoms with Gasteiger partial charge in [0, 0.05) is 13.1 Å². The van der Waals surface area contributed by atoms with E-state index < -0.39 is 10.0 Å². The van der Waals surface area contributed by atoms with Gasteiger partial charge in [-0.3, -0.25) is 9.52 Å². The van der Waals surface area contributed by atoms with Crippen molar-refractivity contribution < 1.29 is 13.2 Å². The minimum absolute atomic E-state index is 0.289. The zero-order valence-electron chi connectivity index (χ0n) is 12.7. The first-order valence-corrected chi connectivity index (χ1v) is 8.80. The molecule has 7 heteroatoms. The highest BCUT2D eigenvalue weighted by Gasteiger charge is 2.14. The number of carbonyl (C=O) groups excluding carboxylic acids is 1. The van der Waals surface area contributed by atoms with Gasteiger partial charge in [0.2, 0.25) is 10.0 Å². The molecule has 3 N–H and O–H groups in total. The summed E-state index contributed by atoms with van der Waals surface area (Å²) in [4.78, 5) is 12.2. The Kier molecular flexibility index (Phi) is 6.64. The van der Waals surface area contributed by atoms with E-state index in [1.807, 2.05) is 6.92 Å². The van der Waals surface area contributed by atoms with Crippen LogP contribution in [0.1, 0.15) is 29.3 Å². The molecule has 1 aromatic rings. The third-order valence-electron chi connectivity index (χ3n) is 2.73. The van der Waals surface area contributed by atoms with E-state index in [0.29, 0.717) is 24.3 Å². The van der Waals surface area contributed by atoms with Crippen LogP contribution in [0.5, 0.6) is 0 Å². The fourth-order valence-electron chi connectivity index (χ4n) is 1.80. The summed E-state index contributed by atoms with van der Waals surface area (Å²) in [6.45, 7) is 6.00. The van der Waals surface area contributed by atoms with Gasteiger partial charge < -0.3 is 10.6 Å². The standard InChI is InChI=1S/C14H23N3O3S/c1-4-7-15-8-9-16-14(18)12-10-11(2)5-6-13(12)17-21(3,19)20/h5-6,10,15,17H,4,7-9H2,1-3H3,(H,16,18). The van der Waals surface area contributed by atoms with Crippen molar-refractivity contribution in [2.75, 3.05) is 30.6 Å². The van der Waals surface area contributed by atoms with Crippen molar-refractivity contribution in [3.8, 4) is 0 Å². The molecular formula is C14H23N3O3S. The van der Waals surface area contributed by atoms with Crippen LogP contribution < -0.4 is 15.4 Å². The highest BCUT2D eigenvalue weighted by molar-refractivity contribution is 7.92. The lowest BCUT2D eigenvalue weighted by atomic mass is 10.1. The van der Waals surface area contributed by atoms with E-state index in [1.165, 1.54) is 0 Å². The molecule has 0 radical (unpaired) electrons. The molecule has 6 nitrogen and oxygen atoms in total. The van der Waals surface area contributed by atoms with E-state index in [-0.39, 0.29) is 5.91 Å². The summed E-state index contributed by atoms with van der Waals surface area (Å²) in [5.41, 5.74) is 1.52. The molecular weight excluding hydrogens is 290 g/mol. The molecule has 0 saturated carbocycles. The summed E-state index contributed by atoms with van der Waals surface area (Å²) < 4.78 is 25.0. The summed E-state index contributed by atoms with van der Waals surface area (Å²) in [6.07, 6.45) is 2.09. The van der Waals surface area contributed by atoms with E-state index in [0.717, 1.165) is 24.8 Å². The number of rotatable bonds is 8. The lowest BCUT2D eigenvalue weighted by molar-refractivity contribution is 0.0954. The number of anilines is 1. The molecule has 21 heavy (non-hydrogen) atoms. The molecule has 1 aromatic carbocycles. The highest BCUT2D eigenvalue weighted by atomic mass is 32.2. The summed E-state index contributed by atoms with van der Waals surface area (Å²) in [5, 5.41) is 5.95. The Morgan fingerprint density at radius 3 is 2.52 bits per heavy atom. The molecule has 0 atom stereocenters. The van der Waals surface area contributed by atoms with Crippen LogP contribution >= 0.6 is 0 Å². The van der Waals surface area contributed by atoms with Gasteiger partial charge in [0.25, 0.3) is 5.91 Å². The maximum atomic E-state index is 12.2. The number of hydrogen-bond donors (Lipinski definition) is 3. The number of nitrogens with one attached hydrogen (secondary N) is 3. The molecule has 0 aromatic heterocycles. The van der Waals surface area contributed by atoms with Crippen molar-refractivity contribution in [1.82, 2.24) is 10.6 Å². The van der Waals surface area contributed by atoms with Gasteiger partial charge in [-0.25, -0.2) is 8.42 Å². The van der Waals surface area contributed by atoms with Crippen LogP contribution in [-0.2, 0) is 10.0 Å². The quantitative estimate of drug-likeness (QED) is 0.627. The van der Waals surface area contributed by atoms with E-state index >= 15 is 0 Å². The van der Waals surface area contributed by atoms with Gasteiger partial charge in [-0.2, -0.15) is 0 Å². The van der Waals surface area contributed by atoms with E-state index in [1.54, 1.807) is 18.2 Å².